The maximum Gasteiger partial charge on any atom is 0.278 e. The molecule has 1 amide bonds. The van der Waals surface area contributed by atoms with Crippen molar-refractivity contribution in [1.82, 2.24) is 14.6 Å². The Labute approximate surface area is 224 Å². The lowest BCUT2D eigenvalue weighted by Crippen LogP contribution is -2.64. The second-order valence-corrected chi connectivity index (χ2v) is 12.3. The second kappa shape index (κ2) is 8.31. The highest BCUT2D eigenvalue weighted by molar-refractivity contribution is 8.00. The van der Waals surface area contributed by atoms with E-state index in [1.54, 1.807) is 16.0 Å². The molecule has 3 aromatic rings. The van der Waals surface area contributed by atoms with E-state index in [1.165, 1.54) is 40.0 Å². The number of aryl methyl sites for hydroxylation is 1. The molecule has 1 aromatic carbocycles. The molecular weight excluding hydrogens is 534 g/mol. The highest BCUT2D eigenvalue weighted by Gasteiger charge is 2.50. The number of hydrogen-bond donors (Lipinski definition) is 1. The molecule has 0 radical (unpaired) electrons. The number of ether oxygens (including phenoxy) is 1. The first-order chi connectivity index (χ1) is 18.3. The number of aromatic hydroxyl groups is 1. The third-order valence-electron chi connectivity index (χ3n) is 7.81. The Balaban J connectivity index is 1.58. The van der Waals surface area contributed by atoms with Crippen LogP contribution in [0, 0.1) is 18.6 Å². The van der Waals surface area contributed by atoms with E-state index in [0.717, 1.165) is 21.7 Å². The van der Waals surface area contributed by atoms with Crippen LogP contribution in [0.3, 0.4) is 0 Å². The van der Waals surface area contributed by atoms with E-state index in [0.29, 0.717) is 24.1 Å². The van der Waals surface area contributed by atoms with Crippen LogP contribution in [0.5, 0.6) is 11.5 Å². The summed E-state index contributed by atoms with van der Waals surface area (Å²) in [6.07, 6.45) is 7.45. The lowest BCUT2D eigenvalue weighted by atomic mass is 9.74. The molecule has 1 fully saturated rings. The van der Waals surface area contributed by atoms with E-state index >= 15 is 4.39 Å². The van der Waals surface area contributed by atoms with Gasteiger partial charge in [0, 0.05) is 35.2 Å². The normalized spacial score (nSPS) is 21.9. The van der Waals surface area contributed by atoms with E-state index in [2.05, 4.69) is 0 Å². The van der Waals surface area contributed by atoms with Crippen LogP contribution in [-0.2, 0) is 5.75 Å². The predicted molar refractivity (Wildman–Crippen MR) is 137 cm³/mol. The minimum Gasteiger partial charge on any atom is -0.502 e. The van der Waals surface area contributed by atoms with E-state index in [1.807, 2.05) is 13.0 Å². The standard InChI is InChI=1S/C26H22F2N4O4S2/c1-13-29-20-21-18-14(11-37-25(20)38-13)19(28)15(27)10-17(18)36-9-3-7-26(5-2-6-26)30-12-32(21)31-8-4-16(33)23(34)22(31)24(30)35/h3-4,7-8,10,21,34H,2,5-6,9,11-12H2,1H3/b7-3+. The van der Waals surface area contributed by atoms with Gasteiger partial charge in [0.15, 0.2) is 23.1 Å². The minimum absolute atomic E-state index is 0.0711. The number of aromatic nitrogens is 2. The third-order valence-corrected chi connectivity index (χ3v) is 10.1. The quantitative estimate of drug-likeness (QED) is 0.415. The molecule has 1 aliphatic carbocycles. The molecule has 7 rings (SSSR count). The topological polar surface area (TPSA) is 87.9 Å². The highest BCUT2D eigenvalue weighted by Crippen LogP contribution is 2.50. The Morgan fingerprint density at radius 2 is 2.08 bits per heavy atom. The number of carbonyl (C=O) groups excluding carboxylic acids is 1. The molecule has 38 heavy (non-hydrogen) atoms. The van der Waals surface area contributed by atoms with Crippen molar-refractivity contribution in [1.29, 1.82) is 0 Å². The number of hydrogen-bond acceptors (Lipinski definition) is 8. The number of halogens is 2. The van der Waals surface area contributed by atoms with Crippen LogP contribution in [0.2, 0.25) is 0 Å². The number of fused-ring (bicyclic) bond motifs is 8. The molecule has 8 nitrogen and oxygen atoms in total. The molecular formula is C26H22F2N4O4S2. The third kappa shape index (κ3) is 3.22. The van der Waals surface area contributed by atoms with Crippen molar-refractivity contribution in [3.05, 3.63) is 79.9 Å². The summed E-state index contributed by atoms with van der Waals surface area (Å²) in [6.45, 7) is 2.05. The monoisotopic (exact) mass is 556 g/mol. The Hall–Kier alpha value is -3.38. The average molecular weight is 557 g/mol. The molecule has 0 saturated heterocycles. The molecule has 2 bridgehead atoms. The zero-order valence-electron chi connectivity index (χ0n) is 20.2. The number of thiazole rings is 1. The maximum absolute atomic E-state index is 15.4. The van der Waals surface area contributed by atoms with Crippen molar-refractivity contribution >= 4 is 29.0 Å². The second-order valence-electron chi connectivity index (χ2n) is 9.87. The molecule has 3 aliphatic heterocycles. The van der Waals surface area contributed by atoms with Crippen molar-refractivity contribution in [2.24, 2.45) is 0 Å². The Morgan fingerprint density at radius 1 is 1.26 bits per heavy atom. The fourth-order valence-corrected chi connectivity index (χ4v) is 8.16. The first-order valence-corrected chi connectivity index (χ1v) is 14.0. The van der Waals surface area contributed by atoms with Gasteiger partial charge >= 0.3 is 0 Å². The van der Waals surface area contributed by atoms with Crippen LogP contribution in [0.25, 0.3) is 0 Å². The summed E-state index contributed by atoms with van der Waals surface area (Å²) in [5.41, 5.74) is -0.280. The summed E-state index contributed by atoms with van der Waals surface area (Å²) in [4.78, 5) is 32.9. The SMILES string of the molecule is Cc1nc2c(s1)SCc1c(F)c(F)cc3c1C2N1CN(C(=O)c2c(O)c(=O)ccn21)C1(/C=C/CO3)CCC1. The molecule has 2 aromatic heterocycles. The van der Waals surface area contributed by atoms with Crippen LogP contribution in [0.4, 0.5) is 8.78 Å². The van der Waals surface area contributed by atoms with Crippen LogP contribution >= 0.6 is 23.1 Å². The number of amides is 1. The number of pyridine rings is 1. The smallest absolute Gasteiger partial charge is 0.278 e. The molecule has 1 N–H and O–H groups in total. The lowest BCUT2D eigenvalue weighted by molar-refractivity contribution is 0.0254. The first-order valence-electron chi connectivity index (χ1n) is 12.2. The van der Waals surface area contributed by atoms with Crippen LogP contribution in [0.1, 0.15) is 57.6 Å². The van der Waals surface area contributed by atoms with E-state index in [-0.39, 0.29) is 36.0 Å². The molecule has 4 aliphatic rings. The number of benzene rings is 1. The maximum atomic E-state index is 15.4. The Kier molecular flexibility index (Phi) is 5.19. The van der Waals surface area contributed by atoms with Crippen molar-refractivity contribution < 1.29 is 23.4 Å². The lowest BCUT2D eigenvalue weighted by Gasteiger charge is -2.53. The van der Waals surface area contributed by atoms with Gasteiger partial charge in [-0.25, -0.2) is 13.8 Å². The summed E-state index contributed by atoms with van der Waals surface area (Å²) in [5.74, 6) is -2.72. The van der Waals surface area contributed by atoms with Gasteiger partial charge in [-0.2, -0.15) is 0 Å². The molecule has 196 valence electrons. The first kappa shape index (κ1) is 23.7. The van der Waals surface area contributed by atoms with Gasteiger partial charge in [-0.3, -0.25) is 19.3 Å². The number of rotatable bonds is 0. The minimum atomic E-state index is -1.00. The Morgan fingerprint density at radius 3 is 2.84 bits per heavy atom. The number of carbonyl (C=O) groups is 1. The van der Waals surface area contributed by atoms with Gasteiger partial charge in [-0.1, -0.05) is 6.08 Å². The average Bonchev–Trinajstić information content (AvgIpc) is 3.14. The van der Waals surface area contributed by atoms with Gasteiger partial charge in [-0.15, -0.1) is 23.1 Å². The van der Waals surface area contributed by atoms with Crippen molar-refractivity contribution in [3.8, 4) is 11.5 Å². The van der Waals surface area contributed by atoms with Gasteiger partial charge in [0.05, 0.1) is 20.4 Å². The highest BCUT2D eigenvalue weighted by atomic mass is 32.2. The summed E-state index contributed by atoms with van der Waals surface area (Å²) in [5, 5.41) is 13.4. The zero-order valence-corrected chi connectivity index (χ0v) is 21.9. The van der Waals surface area contributed by atoms with Gasteiger partial charge in [0.1, 0.15) is 25.1 Å². The zero-order chi connectivity index (χ0) is 26.3. The van der Waals surface area contributed by atoms with E-state index in [4.69, 9.17) is 9.72 Å². The Bertz CT molecular complexity index is 1610. The molecule has 1 saturated carbocycles. The van der Waals surface area contributed by atoms with Crippen LogP contribution in [-0.4, -0.2) is 44.4 Å². The van der Waals surface area contributed by atoms with Crippen molar-refractivity contribution in [2.45, 2.75) is 47.7 Å². The fraction of sp³-hybridized carbons (Fsp3) is 0.346. The van der Waals surface area contributed by atoms with Crippen molar-refractivity contribution in [3.63, 3.8) is 0 Å². The van der Waals surface area contributed by atoms with E-state index < -0.39 is 40.3 Å². The van der Waals surface area contributed by atoms with Crippen molar-refractivity contribution in [2.75, 3.05) is 18.3 Å². The van der Waals surface area contributed by atoms with Crippen LogP contribution in [0.15, 0.2) is 39.5 Å². The summed E-state index contributed by atoms with van der Waals surface area (Å²) in [7, 11) is 0. The predicted octanol–water partition coefficient (Wildman–Crippen LogP) is 4.21. The number of thioether (sulfide) groups is 1. The molecule has 1 unspecified atom stereocenters. The molecule has 12 heteroatoms. The molecule has 1 spiro atoms. The van der Waals surface area contributed by atoms with E-state index in [9.17, 15) is 19.1 Å². The van der Waals surface area contributed by atoms with Gasteiger partial charge < -0.3 is 14.7 Å². The molecule has 5 heterocycles. The van der Waals surface area contributed by atoms with Gasteiger partial charge in [-0.05, 0) is 32.3 Å². The number of nitrogens with zero attached hydrogens (tertiary/aromatic N) is 4. The van der Waals surface area contributed by atoms with Gasteiger partial charge in [0.2, 0.25) is 5.43 Å². The summed E-state index contributed by atoms with van der Waals surface area (Å²) < 4.78 is 38.6. The van der Waals surface area contributed by atoms with Crippen LogP contribution < -0.4 is 15.2 Å². The van der Waals surface area contributed by atoms with Gasteiger partial charge in [0.25, 0.3) is 5.91 Å². The largest absolute Gasteiger partial charge is 0.502 e. The summed E-state index contributed by atoms with van der Waals surface area (Å²) >= 11 is 2.84. The summed E-state index contributed by atoms with van der Waals surface area (Å²) in [6, 6.07) is 1.46. The fourth-order valence-electron chi connectivity index (χ4n) is 5.85. The molecule has 1 atom stereocenters.